The number of piperazine rings is 1. The number of carbonyl (C=O) groups is 1. The normalized spacial score (nSPS) is 15.6. The van der Waals surface area contributed by atoms with Gasteiger partial charge in [0.05, 0.1) is 0 Å². The highest BCUT2D eigenvalue weighted by molar-refractivity contribution is 5.97. The molecule has 0 aliphatic carbocycles. The largest absolute Gasteiger partial charge is 0.336 e. The molecule has 0 bridgehead atoms. The minimum Gasteiger partial charge on any atom is -0.336 e. The van der Waals surface area contributed by atoms with E-state index in [1.165, 1.54) is 5.56 Å². The standard InChI is InChI=1S/C19H21N5O/c25-19(16-6-7-17-18(14-16)21-22-20-17)24-12-10-23(11-13-24)9-8-15-4-2-1-3-5-15/h1-7,14H,8-13H2,(H,20,21,22). The van der Waals surface area contributed by atoms with Crippen LogP contribution in [-0.4, -0.2) is 63.8 Å². The summed E-state index contributed by atoms with van der Waals surface area (Å²) in [4.78, 5) is 17.1. The van der Waals surface area contributed by atoms with E-state index >= 15 is 0 Å². The Kier molecular flexibility index (Phi) is 4.43. The predicted octanol–water partition coefficient (Wildman–Crippen LogP) is 1.96. The molecule has 6 nitrogen and oxygen atoms in total. The summed E-state index contributed by atoms with van der Waals surface area (Å²) in [5, 5.41) is 10.7. The molecule has 0 radical (unpaired) electrons. The van der Waals surface area contributed by atoms with Crippen molar-refractivity contribution in [2.24, 2.45) is 0 Å². The van der Waals surface area contributed by atoms with Crippen molar-refractivity contribution in [2.45, 2.75) is 6.42 Å². The zero-order chi connectivity index (χ0) is 17.1. The van der Waals surface area contributed by atoms with Crippen LogP contribution in [0.15, 0.2) is 48.5 Å². The minimum atomic E-state index is 0.0765. The third kappa shape index (κ3) is 3.53. The van der Waals surface area contributed by atoms with Crippen molar-refractivity contribution in [3.63, 3.8) is 0 Å². The highest BCUT2D eigenvalue weighted by Gasteiger charge is 2.22. The molecule has 1 aliphatic rings. The molecular formula is C19H21N5O. The first-order valence-corrected chi connectivity index (χ1v) is 8.66. The number of benzene rings is 2. The Balaban J connectivity index is 1.32. The lowest BCUT2D eigenvalue weighted by atomic mass is 10.1. The molecule has 6 heteroatoms. The molecule has 1 amide bonds. The third-order valence-electron chi connectivity index (χ3n) is 4.78. The first-order chi connectivity index (χ1) is 12.3. The number of nitrogens with one attached hydrogen (secondary N) is 1. The Morgan fingerprint density at radius 3 is 2.52 bits per heavy atom. The van der Waals surface area contributed by atoms with Crippen LogP contribution in [0.3, 0.4) is 0 Å². The number of hydrogen-bond donors (Lipinski definition) is 1. The maximum absolute atomic E-state index is 12.7. The molecule has 0 saturated carbocycles. The number of aromatic amines is 1. The Morgan fingerprint density at radius 2 is 1.72 bits per heavy atom. The zero-order valence-electron chi connectivity index (χ0n) is 14.1. The van der Waals surface area contributed by atoms with E-state index in [1.807, 2.05) is 29.2 Å². The number of H-pyrrole nitrogens is 1. The third-order valence-corrected chi connectivity index (χ3v) is 4.78. The van der Waals surface area contributed by atoms with E-state index in [2.05, 4.69) is 44.6 Å². The van der Waals surface area contributed by atoms with Crippen LogP contribution in [-0.2, 0) is 6.42 Å². The zero-order valence-corrected chi connectivity index (χ0v) is 14.1. The summed E-state index contributed by atoms with van der Waals surface area (Å²) in [6, 6.07) is 16.0. The van der Waals surface area contributed by atoms with Gasteiger partial charge in [0, 0.05) is 38.3 Å². The Hall–Kier alpha value is -2.73. The molecule has 3 aromatic rings. The average Bonchev–Trinajstić information content (AvgIpc) is 3.15. The van der Waals surface area contributed by atoms with Crippen molar-refractivity contribution in [2.75, 3.05) is 32.7 Å². The van der Waals surface area contributed by atoms with E-state index in [1.54, 1.807) is 0 Å². The van der Waals surface area contributed by atoms with Crippen molar-refractivity contribution in [3.05, 3.63) is 59.7 Å². The Bertz CT molecular complexity index is 852. The summed E-state index contributed by atoms with van der Waals surface area (Å²) < 4.78 is 0. The molecule has 0 spiro atoms. The molecule has 1 aromatic heterocycles. The van der Waals surface area contributed by atoms with Crippen molar-refractivity contribution in [1.29, 1.82) is 0 Å². The van der Waals surface area contributed by atoms with Crippen LogP contribution in [0.2, 0.25) is 0 Å². The molecule has 128 valence electrons. The maximum Gasteiger partial charge on any atom is 0.254 e. The van der Waals surface area contributed by atoms with Crippen LogP contribution in [0.1, 0.15) is 15.9 Å². The lowest BCUT2D eigenvalue weighted by molar-refractivity contribution is 0.0638. The maximum atomic E-state index is 12.7. The molecule has 25 heavy (non-hydrogen) atoms. The average molecular weight is 335 g/mol. The van der Waals surface area contributed by atoms with Crippen LogP contribution < -0.4 is 0 Å². The van der Waals surface area contributed by atoms with E-state index in [9.17, 15) is 4.79 Å². The van der Waals surface area contributed by atoms with E-state index < -0.39 is 0 Å². The molecule has 4 rings (SSSR count). The van der Waals surface area contributed by atoms with Crippen molar-refractivity contribution < 1.29 is 4.79 Å². The van der Waals surface area contributed by atoms with Gasteiger partial charge in [0.15, 0.2) is 0 Å². The van der Waals surface area contributed by atoms with Crippen LogP contribution in [0.25, 0.3) is 11.0 Å². The van der Waals surface area contributed by atoms with E-state index in [0.29, 0.717) is 5.56 Å². The quantitative estimate of drug-likeness (QED) is 0.791. The van der Waals surface area contributed by atoms with Gasteiger partial charge in [-0.05, 0) is 30.2 Å². The predicted molar refractivity (Wildman–Crippen MR) is 96.4 cm³/mol. The van der Waals surface area contributed by atoms with Gasteiger partial charge in [-0.25, -0.2) is 0 Å². The Labute approximate surface area is 146 Å². The van der Waals surface area contributed by atoms with Gasteiger partial charge >= 0.3 is 0 Å². The highest BCUT2D eigenvalue weighted by Crippen LogP contribution is 2.14. The number of nitrogens with zero attached hydrogens (tertiary/aromatic N) is 4. The van der Waals surface area contributed by atoms with Gasteiger partial charge in [-0.1, -0.05) is 30.3 Å². The molecule has 1 N–H and O–H groups in total. The Morgan fingerprint density at radius 1 is 0.960 bits per heavy atom. The number of hydrogen-bond acceptors (Lipinski definition) is 4. The topological polar surface area (TPSA) is 65.1 Å². The lowest BCUT2D eigenvalue weighted by Gasteiger charge is -2.34. The fourth-order valence-electron chi connectivity index (χ4n) is 3.26. The minimum absolute atomic E-state index is 0.0765. The number of rotatable bonds is 4. The number of amides is 1. The van der Waals surface area contributed by atoms with Crippen molar-refractivity contribution in [1.82, 2.24) is 25.2 Å². The molecule has 0 atom stereocenters. The fourth-order valence-corrected chi connectivity index (χ4v) is 3.26. The molecular weight excluding hydrogens is 314 g/mol. The second-order valence-electron chi connectivity index (χ2n) is 6.40. The van der Waals surface area contributed by atoms with Gasteiger partial charge in [0.2, 0.25) is 0 Å². The van der Waals surface area contributed by atoms with Gasteiger partial charge in [-0.15, -0.1) is 0 Å². The first kappa shape index (κ1) is 15.8. The van der Waals surface area contributed by atoms with Gasteiger partial charge < -0.3 is 4.90 Å². The summed E-state index contributed by atoms with van der Waals surface area (Å²) in [5.41, 5.74) is 3.55. The monoisotopic (exact) mass is 335 g/mol. The molecule has 0 unspecified atom stereocenters. The smallest absolute Gasteiger partial charge is 0.254 e. The second-order valence-corrected chi connectivity index (χ2v) is 6.40. The summed E-state index contributed by atoms with van der Waals surface area (Å²) in [7, 11) is 0. The van der Waals surface area contributed by atoms with Gasteiger partial charge in [-0.2, -0.15) is 15.4 Å². The molecule has 1 aliphatic heterocycles. The van der Waals surface area contributed by atoms with Crippen LogP contribution >= 0.6 is 0 Å². The fraction of sp³-hybridized carbons (Fsp3) is 0.316. The summed E-state index contributed by atoms with van der Waals surface area (Å²) in [6.07, 6.45) is 1.05. The van der Waals surface area contributed by atoms with Gasteiger partial charge in [-0.3, -0.25) is 9.69 Å². The van der Waals surface area contributed by atoms with Gasteiger partial charge in [0.25, 0.3) is 5.91 Å². The molecule has 1 fully saturated rings. The molecule has 1 saturated heterocycles. The van der Waals surface area contributed by atoms with Crippen LogP contribution in [0.4, 0.5) is 0 Å². The van der Waals surface area contributed by atoms with E-state index in [-0.39, 0.29) is 5.91 Å². The van der Waals surface area contributed by atoms with Crippen molar-refractivity contribution >= 4 is 16.9 Å². The molecule has 2 heterocycles. The number of aromatic nitrogens is 3. The summed E-state index contributed by atoms with van der Waals surface area (Å²) in [6.45, 7) is 4.42. The van der Waals surface area contributed by atoms with Gasteiger partial charge in [0.1, 0.15) is 11.0 Å². The highest BCUT2D eigenvalue weighted by atomic mass is 16.2. The first-order valence-electron chi connectivity index (χ1n) is 8.66. The lowest BCUT2D eigenvalue weighted by Crippen LogP contribution is -2.49. The summed E-state index contributed by atoms with van der Waals surface area (Å²) >= 11 is 0. The van der Waals surface area contributed by atoms with E-state index in [0.717, 1.165) is 50.2 Å². The molecule has 2 aromatic carbocycles. The number of fused-ring (bicyclic) bond motifs is 1. The second kappa shape index (κ2) is 7.03. The van der Waals surface area contributed by atoms with Crippen molar-refractivity contribution in [3.8, 4) is 0 Å². The van der Waals surface area contributed by atoms with Crippen LogP contribution in [0.5, 0.6) is 0 Å². The van der Waals surface area contributed by atoms with E-state index in [4.69, 9.17) is 0 Å². The number of carbonyl (C=O) groups excluding carboxylic acids is 1. The summed E-state index contributed by atoms with van der Waals surface area (Å²) in [5.74, 6) is 0.0765. The van der Waals surface area contributed by atoms with Crippen LogP contribution in [0, 0.1) is 0 Å². The SMILES string of the molecule is O=C(c1ccc2n[nH]nc2c1)N1CCN(CCc2ccccc2)CC1.